The van der Waals surface area contributed by atoms with E-state index >= 15 is 0 Å². The number of alkyl halides is 6. The van der Waals surface area contributed by atoms with E-state index in [1.165, 1.54) is 26.0 Å². The first-order chi connectivity index (χ1) is 11.3. The molecule has 2 atom stereocenters. The van der Waals surface area contributed by atoms with Gasteiger partial charge in [0, 0.05) is 19.5 Å². The first-order valence-corrected chi connectivity index (χ1v) is 9.23. The van der Waals surface area contributed by atoms with Crippen LogP contribution in [0.1, 0.15) is 42.5 Å². The third-order valence-electron chi connectivity index (χ3n) is 4.78. The maximum Gasteiger partial charge on any atom is 0.373 e. The summed E-state index contributed by atoms with van der Waals surface area (Å²) in [5.41, 5.74) is -0.227. The van der Waals surface area contributed by atoms with E-state index in [0.29, 0.717) is 19.5 Å². The lowest BCUT2D eigenvalue weighted by Crippen LogP contribution is -2.48. The van der Waals surface area contributed by atoms with Crippen LogP contribution in [0.2, 0.25) is 0 Å². The van der Waals surface area contributed by atoms with Crippen LogP contribution in [-0.4, -0.2) is 17.8 Å². The van der Waals surface area contributed by atoms with Gasteiger partial charge in [0.1, 0.15) is 0 Å². The van der Waals surface area contributed by atoms with Crippen LogP contribution >= 0.6 is 22.7 Å². The van der Waals surface area contributed by atoms with Crippen LogP contribution in [-0.2, 0) is 0 Å². The maximum absolute atomic E-state index is 14.6. The molecule has 0 bridgehead atoms. The number of hydrogen-bond donors (Lipinski definition) is 0. The predicted molar refractivity (Wildman–Crippen MR) is 87.9 cm³/mol. The van der Waals surface area contributed by atoms with E-state index in [9.17, 15) is 26.3 Å². The molecule has 0 nitrogen and oxygen atoms in total. The van der Waals surface area contributed by atoms with E-state index in [0.717, 1.165) is 22.7 Å². The Kier molecular flexibility index (Phi) is 4.12. The Balaban J connectivity index is 2.31. The molecule has 0 saturated heterocycles. The van der Waals surface area contributed by atoms with Gasteiger partial charge < -0.3 is 0 Å². The number of rotatable bonds is 2. The number of halogens is 6. The molecule has 1 saturated carbocycles. The Hall–Kier alpha value is -1.02. The van der Waals surface area contributed by atoms with Gasteiger partial charge in [-0.3, -0.25) is 0 Å². The van der Waals surface area contributed by atoms with Crippen molar-refractivity contribution in [3.8, 4) is 0 Å². The van der Waals surface area contributed by atoms with Crippen molar-refractivity contribution in [3.63, 3.8) is 0 Å². The highest BCUT2D eigenvalue weighted by Crippen LogP contribution is 2.69. The second kappa shape index (κ2) is 5.49. The average molecular weight is 398 g/mol. The lowest BCUT2D eigenvalue weighted by molar-refractivity contribution is -0.275. The molecule has 138 valence electrons. The van der Waals surface area contributed by atoms with Gasteiger partial charge in [0.05, 0.1) is 11.8 Å². The lowest BCUT2D eigenvalue weighted by Gasteiger charge is -2.25. The highest BCUT2D eigenvalue weighted by atomic mass is 32.1. The maximum atomic E-state index is 14.6. The molecule has 0 N–H and O–H groups in total. The van der Waals surface area contributed by atoms with Crippen LogP contribution in [0.5, 0.6) is 0 Å². The molecule has 1 aliphatic carbocycles. The summed E-state index contributed by atoms with van der Waals surface area (Å²) in [6.07, 6.45) is 0. The SMILES string of the molecule is Cc1cc(C2C(c3cc(C)sc3C)C(F)(F)C(F)(F)C2(F)F)c(C)s1. The second-order valence-electron chi connectivity index (χ2n) is 6.51. The van der Waals surface area contributed by atoms with Crippen LogP contribution in [0.15, 0.2) is 12.1 Å². The van der Waals surface area contributed by atoms with Crippen molar-refractivity contribution in [1.29, 1.82) is 0 Å². The number of hydrogen-bond acceptors (Lipinski definition) is 2. The molecule has 2 aromatic heterocycles. The summed E-state index contributed by atoms with van der Waals surface area (Å²) in [4.78, 5) is 1.98. The minimum absolute atomic E-state index is 0.113. The minimum Gasteiger partial charge on any atom is -0.199 e. The Labute approximate surface area is 149 Å². The Bertz CT molecular complexity index is 751. The molecule has 8 heteroatoms. The van der Waals surface area contributed by atoms with Crippen LogP contribution in [0, 0.1) is 27.7 Å². The van der Waals surface area contributed by atoms with Gasteiger partial charge in [-0.15, -0.1) is 22.7 Å². The summed E-state index contributed by atoms with van der Waals surface area (Å²) >= 11 is 2.29. The van der Waals surface area contributed by atoms with Crippen molar-refractivity contribution in [2.24, 2.45) is 0 Å². The quantitative estimate of drug-likeness (QED) is 0.487. The third kappa shape index (κ3) is 2.40. The molecule has 2 heterocycles. The van der Waals surface area contributed by atoms with Crippen molar-refractivity contribution in [2.45, 2.75) is 57.3 Å². The fourth-order valence-corrected chi connectivity index (χ4v) is 5.64. The zero-order valence-electron chi connectivity index (χ0n) is 13.9. The van der Waals surface area contributed by atoms with Crippen molar-refractivity contribution in [2.75, 3.05) is 0 Å². The van der Waals surface area contributed by atoms with E-state index < -0.39 is 29.6 Å². The molecule has 0 aliphatic heterocycles. The molecular weight excluding hydrogens is 382 g/mol. The Morgan fingerprint density at radius 1 is 0.680 bits per heavy atom. The number of thiophene rings is 2. The van der Waals surface area contributed by atoms with Crippen LogP contribution in [0.4, 0.5) is 26.3 Å². The summed E-state index contributed by atoms with van der Waals surface area (Å²) in [5.74, 6) is -19.6. The van der Waals surface area contributed by atoms with Gasteiger partial charge in [-0.05, 0) is 51.0 Å². The topological polar surface area (TPSA) is 0 Å². The zero-order chi connectivity index (χ0) is 18.9. The van der Waals surface area contributed by atoms with Gasteiger partial charge in [-0.1, -0.05) is 0 Å². The highest BCUT2D eigenvalue weighted by Gasteiger charge is 2.85. The first-order valence-electron chi connectivity index (χ1n) is 7.59. The van der Waals surface area contributed by atoms with E-state index in [-0.39, 0.29) is 11.1 Å². The zero-order valence-corrected chi connectivity index (χ0v) is 15.5. The molecule has 0 amide bonds. The van der Waals surface area contributed by atoms with Crippen LogP contribution < -0.4 is 0 Å². The molecule has 0 spiro atoms. The fourth-order valence-electron chi connectivity index (χ4n) is 3.70. The monoisotopic (exact) mass is 398 g/mol. The summed E-state index contributed by atoms with van der Waals surface area (Å²) in [5, 5.41) is 0. The smallest absolute Gasteiger partial charge is 0.199 e. The summed E-state index contributed by atoms with van der Waals surface area (Å²) in [6, 6.07) is 2.66. The molecule has 2 unspecified atom stereocenters. The molecule has 2 aromatic rings. The molecule has 0 radical (unpaired) electrons. The minimum atomic E-state index is -5.42. The van der Waals surface area contributed by atoms with Gasteiger partial charge in [-0.2, -0.15) is 26.3 Å². The highest BCUT2D eigenvalue weighted by molar-refractivity contribution is 7.12. The van der Waals surface area contributed by atoms with Gasteiger partial charge in [0.25, 0.3) is 0 Å². The van der Waals surface area contributed by atoms with Gasteiger partial charge in [0.15, 0.2) is 0 Å². The van der Waals surface area contributed by atoms with Gasteiger partial charge >= 0.3 is 17.8 Å². The molecule has 25 heavy (non-hydrogen) atoms. The largest absolute Gasteiger partial charge is 0.373 e. The normalized spacial score (nSPS) is 27.0. The van der Waals surface area contributed by atoms with Crippen LogP contribution in [0.3, 0.4) is 0 Å². The van der Waals surface area contributed by atoms with E-state index in [1.54, 1.807) is 13.8 Å². The Morgan fingerprint density at radius 2 is 1.00 bits per heavy atom. The molecule has 3 rings (SSSR count). The first kappa shape index (κ1) is 18.8. The summed E-state index contributed by atoms with van der Waals surface area (Å²) in [6.45, 7) is 6.28. The van der Waals surface area contributed by atoms with Crippen LogP contribution in [0.25, 0.3) is 0 Å². The molecular formula is C17H16F6S2. The van der Waals surface area contributed by atoms with Crippen molar-refractivity contribution >= 4 is 22.7 Å². The van der Waals surface area contributed by atoms with E-state index in [2.05, 4.69) is 0 Å². The average Bonchev–Trinajstić information content (AvgIpc) is 2.98. The van der Waals surface area contributed by atoms with Crippen molar-refractivity contribution < 1.29 is 26.3 Å². The molecule has 1 aliphatic rings. The molecule has 1 fully saturated rings. The lowest BCUT2D eigenvalue weighted by atomic mass is 9.82. The summed E-state index contributed by atoms with van der Waals surface area (Å²) in [7, 11) is 0. The van der Waals surface area contributed by atoms with Gasteiger partial charge in [-0.25, -0.2) is 0 Å². The predicted octanol–water partition coefficient (Wildman–Crippen LogP) is 6.83. The van der Waals surface area contributed by atoms with Crippen molar-refractivity contribution in [1.82, 2.24) is 0 Å². The Morgan fingerprint density at radius 3 is 1.24 bits per heavy atom. The molecule has 0 aromatic carbocycles. The summed E-state index contributed by atoms with van der Waals surface area (Å²) < 4.78 is 86.7. The fraction of sp³-hybridized carbons (Fsp3) is 0.529. The standard InChI is InChI=1S/C17H16F6S2/c1-7-5-11(9(3)24-7)13-14(12-6-8(2)25-10(12)4)16(20,21)17(22,23)15(13,18)19/h5-6,13-14H,1-4H3. The number of aryl methyl sites for hydroxylation is 4. The van der Waals surface area contributed by atoms with Crippen molar-refractivity contribution in [3.05, 3.63) is 42.8 Å². The third-order valence-corrected chi connectivity index (χ3v) is 6.74. The second-order valence-corrected chi connectivity index (χ2v) is 9.43. The van der Waals surface area contributed by atoms with E-state index in [4.69, 9.17) is 0 Å². The van der Waals surface area contributed by atoms with Gasteiger partial charge in [0.2, 0.25) is 0 Å². The van der Waals surface area contributed by atoms with E-state index in [1.807, 2.05) is 0 Å².